The van der Waals surface area contributed by atoms with E-state index < -0.39 is 10.3 Å². The van der Waals surface area contributed by atoms with Gasteiger partial charge in [-0.15, -0.1) is 11.3 Å². The lowest BCUT2D eigenvalue weighted by atomic mass is 10.1. The third-order valence-corrected chi connectivity index (χ3v) is 8.81. The van der Waals surface area contributed by atoms with E-state index in [0.29, 0.717) is 18.0 Å². The smallest absolute Gasteiger partial charge is 0.228 e. The molecule has 5 rings (SSSR count). The van der Waals surface area contributed by atoms with Gasteiger partial charge in [0.05, 0.1) is 21.7 Å². The molecule has 222 valence electrons. The first kappa shape index (κ1) is 30.7. The number of rotatable bonds is 10. The number of hydrogen-bond donors (Lipinski definition) is 2. The van der Waals surface area contributed by atoms with E-state index in [2.05, 4.69) is 36.5 Å². The molecular formula is C31H29BrFN5O3S2. The van der Waals surface area contributed by atoms with Crippen LogP contribution in [0.3, 0.4) is 0 Å². The molecule has 3 aromatic carbocycles. The summed E-state index contributed by atoms with van der Waals surface area (Å²) in [6.45, 7) is 6.10. The Morgan fingerprint density at radius 3 is 2.65 bits per heavy atom. The van der Waals surface area contributed by atoms with E-state index in [0.717, 1.165) is 42.9 Å². The normalized spacial score (nSPS) is 12.0. The zero-order valence-corrected chi connectivity index (χ0v) is 26.9. The SMILES string of the molecule is CC(C)CC(NC(C)c1nc(-c2ccc3ncnc(Nc4ccc(OCc5cccc(F)c5)c(Br)c4)c3c2)cs1)=S(=O)=O. The number of benzene rings is 3. The van der Waals surface area contributed by atoms with Gasteiger partial charge < -0.3 is 10.1 Å². The molecule has 1 unspecified atom stereocenters. The van der Waals surface area contributed by atoms with Crippen molar-refractivity contribution >= 4 is 65.0 Å². The fraction of sp³-hybridized carbons (Fsp3) is 0.226. The number of hydrogen-bond acceptors (Lipinski definition) is 8. The van der Waals surface area contributed by atoms with Crippen LogP contribution in [0.1, 0.15) is 43.8 Å². The maximum atomic E-state index is 13.5. The third-order valence-electron chi connectivity index (χ3n) is 6.47. The minimum Gasteiger partial charge on any atom is -0.488 e. The molecule has 2 heterocycles. The lowest BCUT2D eigenvalue weighted by Gasteiger charge is -2.13. The average molecular weight is 683 g/mol. The summed E-state index contributed by atoms with van der Waals surface area (Å²) < 4.78 is 43.5. The van der Waals surface area contributed by atoms with Crippen LogP contribution in [0.15, 0.2) is 76.8 Å². The maximum Gasteiger partial charge on any atom is 0.228 e. The van der Waals surface area contributed by atoms with Crippen LogP contribution in [0.2, 0.25) is 0 Å². The summed E-state index contributed by atoms with van der Waals surface area (Å²) in [5.74, 6) is 1.17. The number of thiazole rings is 1. The fourth-order valence-corrected chi connectivity index (χ4v) is 6.47. The Balaban J connectivity index is 1.34. The minimum atomic E-state index is -2.31. The van der Waals surface area contributed by atoms with Crippen molar-refractivity contribution in [3.05, 3.63) is 93.2 Å². The van der Waals surface area contributed by atoms with Crippen LogP contribution in [0, 0.1) is 11.7 Å². The van der Waals surface area contributed by atoms with Crippen molar-refractivity contribution in [2.45, 2.75) is 39.8 Å². The van der Waals surface area contributed by atoms with Crippen molar-refractivity contribution in [1.29, 1.82) is 0 Å². The average Bonchev–Trinajstić information content (AvgIpc) is 3.47. The highest BCUT2D eigenvalue weighted by atomic mass is 79.9. The molecule has 0 radical (unpaired) electrons. The minimum absolute atomic E-state index is 0.209. The second-order valence-electron chi connectivity index (χ2n) is 10.3. The molecule has 5 aromatic rings. The molecule has 0 aliphatic rings. The number of aromatic nitrogens is 3. The second kappa shape index (κ2) is 13.7. The molecule has 1 atom stereocenters. The van der Waals surface area contributed by atoms with Crippen molar-refractivity contribution in [2.24, 2.45) is 5.92 Å². The molecule has 8 nitrogen and oxygen atoms in total. The van der Waals surface area contributed by atoms with Gasteiger partial charge in [-0.05, 0) is 83.2 Å². The van der Waals surface area contributed by atoms with Gasteiger partial charge in [0.25, 0.3) is 0 Å². The van der Waals surface area contributed by atoms with Crippen molar-refractivity contribution in [1.82, 2.24) is 20.3 Å². The van der Waals surface area contributed by atoms with E-state index in [4.69, 9.17) is 9.72 Å². The first-order chi connectivity index (χ1) is 20.7. The fourth-order valence-electron chi connectivity index (χ4n) is 4.40. The number of nitrogens with one attached hydrogen (secondary N) is 2. The summed E-state index contributed by atoms with van der Waals surface area (Å²) >= 11 is 5.04. The quantitative estimate of drug-likeness (QED) is 0.145. The lowest BCUT2D eigenvalue weighted by Crippen LogP contribution is -2.28. The van der Waals surface area contributed by atoms with Gasteiger partial charge >= 0.3 is 0 Å². The van der Waals surface area contributed by atoms with E-state index in [-0.39, 0.29) is 29.4 Å². The van der Waals surface area contributed by atoms with Gasteiger partial charge in [-0.3, -0.25) is 5.32 Å². The summed E-state index contributed by atoms with van der Waals surface area (Å²) in [5, 5.41) is 10.0. The van der Waals surface area contributed by atoms with Crippen LogP contribution in [0.25, 0.3) is 22.2 Å². The maximum absolute atomic E-state index is 13.5. The number of anilines is 2. The Hall–Kier alpha value is -3.71. The molecule has 0 fully saturated rings. The second-order valence-corrected chi connectivity index (χ2v) is 13.0. The number of fused-ring (bicyclic) bond motifs is 1. The molecule has 0 bridgehead atoms. The molecule has 43 heavy (non-hydrogen) atoms. The van der Waals surface area contributed by atoms with Gasteiger partial charge in [0, 0.05) is 22.0 Å². The molecule has 0 amide bonds. The van der Waals surface area contributed by atoms with E-state index in [1.807, 2.05) is 68.6 Å². The monoisotopic (exact) mass is 681 g/mol. The summed E-state index contributed by atoms with van der Waals surface area (Å²) in [5.41, 5.74) is 3.97. The first-order valence-electron chi connectivity index (χ1n) is 13.5. The van der Waals surface area contributed by atoms with Crippen LogP contribution < -0.4 is 15.4 Å². The predicted octanol–water partition coefficient (Wildman–Crippen LogP) is 7.68. The number of halogens is 2. The topological polar surface area (TPSA) is 106 Å². The van der Waals surface area contributed by atoms with Crippen LogP contribution in [-0.4, -0.2) is 28.4 Å². The van der Waals surface area contributed by atoms with Crippen molar-refractivity contribution in [3.63, 3.8) is 0 Å². The van der Waals surface area contributed by atoms with E-state index in [1.54, 1.807) is 6.07 Å². The first-order valence-corrected chi connectivity index (χ1v) is 16.3. The lowest BCUT2D eigenvalue weighted by molar-refractivity contribution is 0.303. The highest BCUT2D eigenvalue weighted by Gasteiger charge is 2.16. The van der Waals surface area contributed by atoms with Gasteiger partial charge in [-0.25, -0.2) is 19.3 Å². The molecule has 2 N–H and O–H groups in total. The van der Waals surface area contributed by atoms with Gasteiger partial charge in [-0.1, -0.05) is 32.0 Å². The molecule has 0 aliphatic carbocycles. The van der Waals surface area contributed by atoms with Crippen LogP contribution in [0.5, 0.6) is 5.75 Å². The van der Waals surface area contributed by atoms with Crippen LogP contribution >= 0.6 is 27.3 Å². The molecule has 0 saturated heterocycles. The highest BCUT2D eigenvalue weighted by molar-refractivity contribution is 9.10. The van der Waals surface area contributed by atoms with Gasteiger partial charge in [0.15, 0.2) is 0 Å². The van der Waals surface area contributed by atoms with E-state index in [1.165, 1.54) is 29.8 Å². The van der Waals surface area contributed by atoms with Gasteiger partial charge in [-0.2, -0.15) is 8.42 Å². The zero-order chi connectivity index (χ0) is 30.5. The Morgan fingerprint density at radius 2 is 1.91 bits per heavy atom. The predicted molar refractivity (Wildman–Crippen MR) is 174 cm³/mol. The Labute approximate surface area is 263 Å². The standard InChI is InChI=1S/C31H29BrFN5O3S2/c1-18(2)11-29(43(39)40)36-19(3)31-38-27(16-42-31)21-7-9-26-24(13-21)30(35-17-34-26)37-23-8-10-28(25(32)14-23)41-15-20-5-4-6-22(33)12-20/h4-10,12-14,16-19,36H,11,15H2,1-3H3,(H,34,35,37). The summed E-state index contributed by atoms with van der Waals surface area (Å²) in [4.78, 5) is 14.0. The van der Waals surface area contributed by atoms with Crippen molar-refractivity contribution in [3.8, 4) is 17.0 Å². The third kappa shape index (κ3) is 7.82. The summed E-state index contributed by atoms with van der Waals surface area (Å²) in [6.07, 6.45) is 1.95. The molecule has 0 saturated carbocycles. The zero-order valence-electron chi connectivity index (χ0n) is 23.6. The molecule has 12 heteroatoms. The largest absolute Gasteiger partial charge is 0.488 e. The molecule has 2 aromatic heterocycles. The molecular weight excluding hydrogens is 653 g/mol. The number of nitrogens with zero attached hydrogens (tertiary/aromatic N) is 3. The van der Waals surface area contributed by atoms with E-state index >= 15 is 0 Å². The Kier molecular flexibility index (Phi) is 9.81. The Bertz CT molecular complexity index is 1910. The van der Waals surface area contributed by atoms with Gasteiger partial charge in [0.1, 0.15) is 40.3 Å². The summed E-state index contributed by atoms with van der Waals surface area (Å²) in [7, 11) is -2.31. The molecule has 0 spiro atoms. The highest BCUT2D eigenvalue weighted by Crippen LogP contribution is 2.33. The number of ether oxygens (including phenoxy) is 1. The molecule has 0 aliphatic heterocycles. The Morgan fingerprint density at radius 1 is 1.07 bits per heavy atom. The van der Waals surface area contributed by atoms with Crippen molar-refractivity contribution < 1.29 is 17.5 Å². The van der Waals surface area contributed by atoms with E-state index in [9.17, 15) is 12.8 Å². The summed E-state index contributed by atoms with van der Waals surface area (Å²) in [6, 6.07) is 17.5. The van der Waals surface area contributed by atoms with Crippen LogP contribution in [0.4, 0.5) is 15.9 Å². The van der Waals surface area contributed by atoms with Crippen LogP contribution in [-0.2, 0) is 16.9 Å². The van der Waals surface area contributed by atoms with Crippen molar-refractivity contribution in [2.75, 3.05) is 5.32 Å². The van der Waals surface area contributed by atoms with Gasteiger partial charge in [0.2, 0.25) is 10.3 Å².